The number of furan rings is 1. The molecule has 0 fully saturated rings. The van der Waals surface area contributed by atoms with Gasteiger partial charge in [-0.2, -0.15) is 0 Å². The van der Waals surface area contributed by atoms with Gasteiger partial charge in [-0.15, -0.1) is 0 Å². The Balaban J connectivity index is 1.67. The molecular weight excluding hydrogens is 420 g/mol. The molecule has 5 rings (SSSR count). The fraction of sp³-hybridized carbons (Fsp3) is 0.0870. The van der Waals surface area contributed by atoms with E-state index in [1.54, 1.807) is 55.5 Å². The number of benzene rings is 2. The maximum atomic E-state index is 13.5. The van der Waals surface area contributed by atoms with E-state index in [-0.39, 0.29) is 17.2 Å². The number of hydrogen-bond acceptors (Lipinski definition) is 6. The maximum absolute atomic E-state index is 13.5. The van der Waals surface area contributed by atoms with E-state index < -0.39 is 23.5 Å². The predicted molar refractivity (Wildman–Crippen MR) is 113 cm³/mol. The van der Waals surface area contributed by atoms with Crippen molar-refractivity contribution in [1.82, 2.24) is 5.16 Å². The Morgan fingerprint density at radius 2 is 1.94 bits per heavy atom. The summed E-state index contributed by atoms with van der Waals surface area (Å²) in [5.74, 6) is -1.38. The lowest BCUT2D eigenvalue weighted by Gasteiger charge is -2.24. The van der Waals surface area contributed by atoms with Gasteiger partial charge in [0.2, 0.25) is 5.78 Å². The highest BCUT2D eigenvalue weighted by Crippen LogP contribution is 2.42. The van der Waals surface area contributed by atoms with Crippen molar-refractivity contribution < 1.29 is 23.6 Å². The van der Waals surface area contributed by atoms with Crippen molar-refractivity contribution >= 4 is 40.1 Å². The van der Waals surface area contributed by atoms with Crippen LogP contribution in [-0.2, 0) is 4.79 Å². The van der Waals surface area contributed by atoms with Crippen LogP contribution in [0.1, 0.15) is 27.9 Å². The maximum Gasteiger partial charge on any atom is 0.295 e. The van der Waals surface area contributed by atoms with Crippen LogP contribution in [0.3, 0.4) is 0 Å². The first-order chi connectivity index (χ1) is 14.9. The zero-order valence-electron chi connectivity index (χ0n) is 16.2. The van der Waals surface area contributed by atoms with Gasteiger partial charge in [0.1, 0.15) is 11.3 Å². The van der Waals surface area contributed by atoms with Gasteiger partial charge in [-0.1, -0.05) is 47.1 Å². The number of aliphatic hydroxyl groups is 1. The Kier molecular flexibility index (Phi) is 4.41. The molecule has 1 N–H and O–H groups in total. The van der Waals surface area contributed by atoms with Gasteiger partial charge >= 0.3 is 0 Å². The van der Waals surface area contributed by atoms with E-state index in [1.165, 1.54) is 4.90 Å². The Bertz CT molecular complexity index is 1350. The molecule has 1 aliphatic rings. The fourth-order valence-corrected chi connectivity index (χ4v) is 3.96. The van der Waals surface area contributed by atoms with Gasteiger partial charge in [-0.05, 0) is 36.8 Å². The minimum absolute atomic E-state index is 0.0146. The molecule has 3 heterocycles. The Labute approximate surface area is 181 Å². The van der Waals surface area contributed by atoms with Crippen molar-refractivity contribution in [2.75, 3.05) is 4.90 Å². The number of ketones is 1. The summed E-state index contributed by atoms with van der Waals surface area (Å²) in [6.07, 6.45) is 0. The third-order valence-corrected chi connectivity index (χ3v) is 5.36. The number of fused-ring (bicyclic) bond motifs is 1. The smallest absolute Gasteiger partial charge is 0.295 e. The molecule has 7 nitrogen and oxygen atoms in total. The molecule has 0 unspecified atom stereocenters. The lowest BCUT2D eigenvalue weighted by atomic mass is 9.95. The quantitative estimate of drug-likeness (QED) is 0.445. The van der Waals surface area contributed by atoms with Crippen LogP contribution < -0.4 is 4.90 Å². The first-order valence-corrected chi connectivity index (χ1v) is 9.80. The number of nitrogens with zero attached hydrogens (tertiary/aromatic N) is 2. The van der Waals surface area contributed by atoms with Gasteiger partial charge in [-0.25, -0.2) is 0 Å². The Morgan fingerprint density at radius 1 is 1.13 bits per heavy atom. The van der Waals surface area contributed by atoms with Crippen molar-refractivity contribution in [3.05, 3.63) is 94.1 Å². The SMILES string of the molecule is Cc1cc(N2C(=O)C(O)=C(C(=O)c3cc4ccccc4o3)[C@H]2c2cccc(Cl)c2)no1. The minimum Gasteiger partial charge on any atom is -0.503 e. The summed E-state index contributed by atoms with van der Waals surface area (Å²) >= 11 is 6.17. The van der Waals surface area contributed by atoms with Crippen LogP contribution in [0.15, 0.2) is 80.9 Å². The summed E-state index contributed by atoms with van der Waals surface area (Å²) in [6, 6.07) is 16.1. The van der Waals surface area contributed by atoms with E-state index in [2.05, 4.69) is 5.16 Å². The number of aromatic nitrogens is 1. The van der Waals surface area contributed by atoms with E-state index >= 15 is 0 Å². The van der Waals surface area contributed by atoms with Crippen LogP contribution in [0.25, 0.3) is 11.0 Å². The van der Waals surface area contributed by atoms with Gasteiger partial charge in [-0.3, -0.25) is 14.5 Å². The molecule has 2 aromatic heterocycles. The number of halogens is 1. The van der Waals surface area contributed by atoms with E-state index in [0.29, 0.717) is 21.9 Å². The van der Waals surface area contributed by atoms with Crippen LogP contribution in [0.5, 0.6) is 0 Å². The summed E-state index contributed by atoms with van der Waals surface area (Å²) in [6.45, 7) is 1.68. The number of anilines is 1. The van der Waals surface area contributed by atoms with Crippen LogP contribution in [0.2, 0.25) is 5.02 Å². The molecule has 8 heteroatoms. The molecule has 2 aromatic carbocycles. The van der Waals surface area contributed by atoms with E-state index in [1.807, 2.05) is 12.1 Å². The average Bonchev–Trinajstić information content (AvgIpc) is 3.44. The number of Topliss-reactive ketones (excluding diaryl/α,β-unsaturated/α-hetero) is 1. The number of carbonyl (C=O) groups is 2. The van der Waals surface area contributed by atoms with Crippen molar-refractivity contribution in [2.45, 2.75) is 13.0 Å². The van der Waals surface area contributed by atoms with Gasteiger partial charge in [0.25, 0.3) is 5.91 Å². The number of aryl methyl sites for hydroxylation is 1. The van der Waals surface area contributed by atoms with Gasteiger partial charge in [0.15, 0.2) is 17.3 Å². The normalized spacial score (nSPS) is 16.5. The number of amides is 1. The number of hydrogen-bond donors (Lipinski definition) is 1. The lowest BCUT2D eigenvalue weighted by molar-refractivity contribution is -0.117. The molecule has 1 aliphatic heterocycles. The first-order valence-electron chi connectivity index (χ1n) is 9.43. The first kappa shape index (κ1) is 19.1. The lowest BCUT2D eigenvalue weighted by Crippen LogP contribution is -2.31. The zero-order chi connectivity index (χ0) is 21.7. The molecule has 4 aromatic rings. The van der Waals surface area contributed by atoms with Gasteiger partial charge < -0.3 is 14.0 Å². The molecule has 0 aliphatic carbocycles. The molecule has 0 bridgehead atoms. The van der Waals surface area contributed by atoms with E-state index in [4.69, 9.17) is 20.5 Å². The highest BCUT2D eigenvalue weighted by Gasteiger charge is 2.46. The van der Waals surface area contributed by atoms with Crippen LogP contribution >= 0.6 is 11.6 Å². The summed E-state index contributed by atoms with van der Waals surface area (Å²) in [4.78, 5) is 27.7. The van der Waals surface area contributed by atoms with E-state index in [0.717, 1.165) is 5.39 Å². The average molecular weight is 435 g/mol. The highest BCUT2D eigenvalue weighted by molar-refractivity contribution is 6.30. The summed E-state index contributed by atoms with van der Waals surface area (Å²) in [5, 5.41) is 15.8. The second-order valence-corrected chi connectivity index (χ2v) is 7.60. The van der Waals surface area contributed by atoms with Crippen molar-refractivity contribution in [3.8, 4) is 0 Å². The molecular formula is C23H15ClN2O5. The number of para-hydroxylation sites is 1. The van der Waals surface area contributed by atoms with Crippen LogP contribution in [-0.4, -0.2) is 22.0 Å². The molecule has 31 heavy (non-hydrogen) atoms. The number of aliphatic hydroxyl groups excluding tert-OH is 1. The van der Waals surface area contributed by atoms with E-state index in [9.17, 15) is 14.7 Å². The predicted octanol–water partition coefficient (Wildman–Crippen LogP) is 5.17. The molecule has 0 radical (unpaired) electrons. The zero-order valence-corrected chi connectivity index (χ0v) is 17.0. The van der Waals surface area contributed by atoms with Crippen molar-refractivity contribution in [3.63, 3.8) is 0 Å². The third-order valence-electron chi connectivity index (χ3n) is 5.13. The molecule has 1 atom stereocenters. The fourth-order valence-electron chi connectivity index (χ4n) is 3.76. The summed E-state index contributed by atoms with van der Waals surface area (Å²) in [7, 11) is 0. The highest BCUT2D eigenvalue weighted by atomic mass is 35.5. The summed E-state index contributed by atoms with van der Waals surface area (Å²) < 4.78 is 10.8. The van der Waals surface area contributed by atoms with Gasteiger partial charge in [0, 0.05) is 16.5 Å². The number of carbonyl (C=O) groups excluding carboxylic acids is 2. The second kappa shape index (κ2) is 7.14. The third kappa shape index (κ3) is 3.10. The van der Waals surface area contributed by atoms with Gasteiger partial charge in [0.05, 0.1) is 11.6 Å². The topological polar surface area (TPSA) is 96.8 Å². The molecule has 0 spiro atoms. The minimum atomic E-state index is -0.962. The second-order valence-electron chi connectivity index (χ2n) is 7.17. The Morgan fingerprint density at radius 3 is 2.65 bits per heavy atom. The van der Waals surface area contributed by atoms with Crippen LogP contribution in [0, 0.1) is 6.92 Å². The standard InChI is InChI=1S/C23H15ClN2O5/c1-12-9-18(25-31-12)26-20(14-6-4-7-15(24)10-14)19(22(28)23(26)29)21(27)17-11-13-5-2-3-8-16(13)30-17/h2-11,20,28H,1H3/t20-/m1/s1. The monoisotopic (exact) mass is 434 g/mol. The largest absolute Gasteiger partial charge is 0.503 e. The van der Waals surface area contributed by atoms with Crippen molar-refractivity contribution in [1.29, 1.82) is 0 Å². The molecule has 154 valence electrons. The molecule has 1 amide bonds. The number of rotatable bonds is 4. The summed E-state index contributed by atoms with van der Waals surface area (Å²) in [5.41, 5.74) is 0.940. The molecule has 0 saturated carbocycles. The van der Waals surface area contributed by atoms with Crippen LogP contribution in [0.4, 0.5) is 5.82 Å². The van der Waals surface area contributed by atoms with Crippen molar-refractivity contribution in [2.24, 2.45) is 0 Å². The Hall–Kier alpha value is -3.84. The molecule has 0 saturated heterocycles.